The van der Waals surface area contributed by atoms with E-state index in [9.17, 15) is 0 Å². The standard InChI is InChI=1S/C20H24N4S/c1-16-7-3-4-8-19(16)22-20(25)23-21-15-17-9-11-18(12-10-17)24-13-5-2-6-14-24/h3-4,7-12,15H,2,5-6,13-14H2,1H3,(H2,22,23,25)/b21-15-. The number of benzene rings is 2. The van der Waals surface area contributed by atoms with Crippen LogP contribution >= 0.6 is 12.2 Å². The Hall–Kier alpha value is -2.40. The van der Waals surface area contributed by atoms with Crippen molar-refractivity contribution in [3.8, 4) is 0 Å². The summed E-state index contributed by atoms with van der Waals surface area (Å²) in [5, 5.41) is 7.85. The molecule has 0 spiro atoms. The molecule has 0 atom stereocenters. The molecule has 2 aromatic carbocycles. The molecule has 3 rings (SSSR count). The predicted octanol–water partition coefficient (Wildman–Crippen LogP) is 4.31. The molecule has 1 aliphatic rings. The number of hydrogen-bond acceptors (Lipinski definition) is 3. The molecule has 2 N–H and O–H groups in total. The minimum absolute atomic E-state index is 0.482. The molecule has 1 aliphatic heterocycles. The molecule has 4 nitrogen and oxygen atoms in total. The topological polar surface area (TPSA) is 39.7 Å². The van der Waals surface area contributed by atoms with E-state index in [4.69, 9.17) is 12.2 Å². The van der Waals surface area contributed by atoms with Gasteiger partial charge in [-0.3, -0.25) is 5.43 Å². The summed E-state index contributed by atoms with van der Waals surface area (Å²) in [6.45, 7) is 4.36. The van der Waals surface area contributed by atoms with E-state index in [1.807, 2.05) is 31.2 Å². The second-order valence-corrected chi connectivity index (χ2v) is 6.69. The molecule has 0 aromatic heterocycles. The average molecular weight is 353 g/mol. The van der Waals surface area contributed by atoms with Crippen LogP contribution in [0.1, 0.15) is 30.4 Å². The van der Waals surface area contributed by atoms with Gasteiger partial charge in [0.2, 0.25) is 0 Å². The summed E-state index contributed by atoms with van der Waals surface area (Å²) in [6.07, 6.45) is 5.71. The van der Waals surface area contributed by atoms with Gasteiger partial charge in [-0.05, 0) is 67.7 Å². The number of rotatable bonds is 4. The highest BCUT2D eigenvalue weighted by molar-refractivity contribution is 7.80. The minimum atomic E-state index is 0.482. The molecular weight excluding hydrogens is 328 g/mol. The Labute approximate surface area is 154 Å². The van der Waals surface area contributed by atoms with E-state index >= 15 is 0 Å². The Morgan fingerprint density at radius 1 is 1.04 bits per heavy atom. The number of para-hydroxylation sites is 1. The van der Waals surface area contributed by atoms with Crippen LogP contribution in [0.15, 0.2) is 53.6 Å². The van der Waals surface area contributed by atoms with E-state index in [0.29, 0.717) is 5.11 Å². The van der Waals surface area contributed by atoms with E-state index in [0.717, 1.165) is 29.9 Å². The molecule has 0 bridgehead atoms. The maximum atomic E-state index is 5.27. The summed E-state index contributed by atoms with van der Waals surface area (Å²) in [5.41, 5.74) is 7.34. The van der Waals surface area contributed by atoms with Gasteiger partial charge in [-0.25, -0.2) is 0 Å². The van der Waals surface area contributed by atoms with Gasteiger partial charge >= 0.3 is 0 Å². The van der Waals surface area contributed by atoms with E-state index in [-0.39, 0.29) is 0 Å². The Morgan fingerprint density at radius 2 is 1.76 bits per heavy atom. The third kappa shape index (κ3) is 5.03. The van der Waals surface area contributed by atoms with Crippen LogP contribution in [0.3, 0.4) is 0 Å². The highest BCUT2D eigenvalue weighted by Gasteiger charge is 2.10. The number of nitrogens with zero attached hydrogens (tertiary/aromatic N) is 2. The molecule has 0 radical (unpaired) electrons. The van der Waals surface area contributed by atoms with E-state index < -0.39 is 0 Å². The van der Waals surface area contributed by atoms with Gasteiger partial charge < -0.3 is 10.2 Å². The molecule has 2 aromatic rings. The Kier molecular flexibility index (Phi) is 6.01. The lowest BCUT2D eigenvalue weighted by atomic mass is 10.1. The van der Waals surface area contributed by atoms with Crippen LogP contribution in [0.4, 0.5) is 11.4 Å². The van der Waals surface area contributed by atoms with E-state index in [1.165, 1.54) is 24.9 Å². The summed E-state index contributed by atoms with van der Waals surface area (Å²) in [6, 6.07) is 16.5. The summed E-state index contributed by atoms with van der Waals surface area (Å²) in [5.74, 6) is 0. The Bertz CT molecular complexity index is 734. The van der Waals surface area contributed by atoms with Crippen LogP contribution in [-0.2, 0) is 0 Å². The highest BCUT2D eigenvalue weighted by Crippen LogP contribution is 2.19. The molecule has 1 heterocycles. The summed E-state index contributed by atoms with van der Waals surface area (Å²) >= 11 is 5.27. The zero-order chi connectivity index (χ0) is 17.5. The number of hydrogen-bond donors (Lipinski definition) is 2. The smallest absolute Gasteiger partial charge is 0.191 e. The SMILES string of the molecule is Cc1ccccc1NC(=S)N/N=C\c1ccc(N2CCCCC2)cc1. The second-order valence-electron chi connectivity index (χ2n) is 6.28. The van der Waals surface area contributed by atoms with Crippen LogP contribution in [0.5, 0.6) is 0 Å². The fraction of sp³-hybridized carbons (Fsp3) is 0.300. The predicted molar refractivity (Wildman–Crippen MR) is 111 cm³/mol. The molecule has 1 fully saturated rings. The molecule has 0 unspecified atom stereocenters. The monoisotopic (exact) mass is 352 g/mol. The van der Waals surface area contributed by atoms with Crippen molar-refractivity contribution in [1.82, 2.24) is 5.43 Å². The zero-order valence-corrected chi connectivity index (χ0v) is 15.4. The first-order valence-electron chi connectivity index (χ1n) is 8.73. The van der Waals surface area contributed by atoms with Gasteiger partial charge in [0.1, 0.15) is 0 Å². The molecule has 0 saturated carbocycles. The lowest BCUT2D eigenvalue weighted by molar-refractivity contribution is 0.578. The van der Waals surface area contributed by atoms with E-state index in [2.05, 4.69) is 45.0 Å². The number of nitrogens with one attached hydrogen (secondary N) is 2. The number of aryl methyl sites for hydroxylation is 1. The van der Waals surface area contributed by atoms with Gasteiger partial charge in [0.25, 0.3) is 0 Å². The van der Waals surface area contributed by atoms with Crippen LogP contribution in [0, 0.1) is 6.92 Å². The summed E-state index contributed by atoms with van der Waals surface area (Å²) < 4.78 is 0. The van der Waals surface area contributed by atoms with Crippen molar-refractivity contribution >= 4 is 34.9 Å². The van der Waals surface area contributed by atoms with Crippen molar-refractivity contribution in [2.45, 2.75) is 26.2 Å². The maximum absolute atomic E-state index is 5.27. The van der Waals surface area contributed by atoms with Gasteiger partial charge in [-0.1, -0.05) is 30.3 Å². The summed E-state index contributed by atoms with van der Waals surface area (Å²) in [4.78, 5) is 2.45. The number of piperidine rings is 1. The quantitative estimate of drug-likeness (QED) is 0.489. The first kappa shape index (κ1) is 17.4. The van der Waals surface area contributed by atoms with Crippen LogP contribution in [0.2, 0.25) is 0 Å². The summed E-state index contributed by atoms with van der Waals surface area (Å²) in [7, 11) is 0. The third-order valence-electron chi connectivity index (χ3n) is 4.39. The van der Waals surface area contributed by atoms with Gasteiger partial charge in [0, 0.05) is 24.5 Å². The molecule has 5 heteroatoms. The number of anilines is 2. The molecule has 1 saturated heterocycles. The molecule has 0 aliphatic carbocycles. The van der Waals surface area contributed by atoms with Gasteiger partial charge in [0.05, 0.1) is 6.21 Å². The minimum Gasteiger partial charge on any atom is -0.372 e. The third-order valence-corrected chi connectivity index (χ3v) is 4.58. The average Bonchev–Trinajstić information content (AvgIpc) is 2.65. The van der Waals surface area contributed by atoms with Crippen LogP contribution < -0.4 is 15.6 Å². The molecule has 0 amide bonds. The largest absolute Gasteiger partial charge is 0.372 e. The fourth-order valence-corrected chi connectivity index (χ4v) is 3.11. The van der Waals surface area contributed by atoms with Gasteiger partial charge in [-0.15, -0.1) is 0 Å². The lowest BCUT2D eigenvalue weighted by Gasteiger charge is -2.28. The lowest BCUT2D eigenvalue weighted by Crippen LogP contribution is -2.29. The normalized spacial score (nSPS) is 14.5. The molecular formula is C20H24N4S. The van der Waals surface area contributed by atoms with Crippen molar-refractivity contribution < 1.29 is 0 Å². The van der Waals surface area contributed by atoms with Crippen molar-refractivity contribution in [3.05, 3.63) is 59.7 Å². The van der Waals surface area contributed by atoms with Gasteiger partial charge in [0.15, 0.2) is 5.11 Å². The first-order chi connectivity index (χ1) is 12.2. The first-order valence-corrected chi connectivity index (χ1v) is 9.14. The fourth-order valence-electron chi connectivity index (χ4n) is 2.95. The molecule has 130 valence electrons. The van der Waals surface area contributed by atoms with Crippen LogP contribution in [0.25, 0.3) is 0 Å². The second kappa shape index (κ2) is 8.62. The zero-order valence-electron chi connectivity index (χ0n) is 14.5. The highest BCUT2D eigenvalue weighted by atomic mass is 32.1. The number of thiocarbonyl (C=S) groups is 1. The number of hydrazone groups is 1. The van der Waals surface area contributed by atoms with Crippen LogP contribution in [-0.4, -0.2) is 24.4 Å². The van der Waals surface area contributed by atoms with Gasteiger partial charge in [-0.2, -0.15) is 5.10 Å². The van der Waals surface area contributed by atoms with Crippen molar-refractivity contribution in [1.29, 1.82) is 0 Å². The Morgan fingerprint density at radius 3 is 2.48 bits per heavy atom. The van der Waals surface area contributed by atoms with Crippen molar-refractivity contribution in [2.24, 2.45) is 5.10 Å². The van der Waals surface area contributed by atoms with E-state index in [1.54, 1.807) is 6.21 Å². The molecule has 25 heavy (non-hydrogen) atoms. The van der Waals surface area contributed by atoms with Crippen molar-refractivity contribution in [2.75, 3.05) is 23.3 Å². The maximum Gasteiger partial charge on any atom is 0.191 e. The Balaban J connectivity index is 1.51. The van der Waals surface area contributed by atoms with Crippen molar-refractivity contribution in [3.63, 3.8) is 0 Å².